The van der Waals surface area contributed by atoms with E-state index in [0.29, 0.717) is 29.8 Å². The fourth-order valence-electron chi connectivity index (χ4n) is 3.97. The van der Waals surface area contributed by atoms with E-state index >= 15 is 0 Å². The van der Waals surface area contributed by atoms with Crippen LogP contribution in [0.2, 0.25) is 0 Å². The molecule has 1 aliphatic heterocycles. The predicted molar refractivity (Wildman–Crippen MR) is 119 cm³/mol. The standard InChI is InChI=1S/C21H23N5O3S2/c1-2-11-26-17-8-4-3-7-16(17)19-20(26)22-21(24-23-19)30-14-15-9-10-18(29-15)31(27,28)25-12-5-6-13-25/h3-4,7-10H,2,5-6,11-14H2,1H3. The van der Waals surface area contributed by atoms with Gasteiger partial charge in [0.1, 0.15) is 11.3 Å². The van der Waals surface area contributed by atoms with Gasteiger partial charge in [-0.2, -0.15) is 4.31 Å². The van der Waals surface area contributed by atoms with Gasteiger partial charge >= 0.3 is 0 Å². The van der Waals surface area contributed by atoms with E-state index in [9.17, 15) is 8.42 Å². The monoisotopic (exact) mass is 457 g/mol. The molecule has 10 heteroatoms. The van der Waals surface area contributed by atoms with E-state index in [1.54, 1.807) is 6.07 Å². The highest BCUT2D eigenvalue weighted by Crippen LogP contribution is 2.29. The lowest BCUT2D eigenvalue weighted by Gasteiger charge is -2.12. The molecule has 0 N–H and O–H groups in total. The SMILES string of the molecule is CCCn1c2ccccc2c2nnc(SCc3ccc(S(=O)(=O)N4CCCC4)o3)nc21. The third-order valence-electron chi connectivity index (χ3n) is 5.44. The van der Waals surface area contributed by atoms with Crippen molar-refractivity contribution in [1.82, 2.24) is 24.1 Å². The van der Waals surface area contributed by atoms with Crippen molar-refractivity contribution in [3.05, 3.63) is 42.2 Å². The van der Waals surface area contributed by atoms with Crippen molar-refractivity contribution in [2.24, 2.45) is 0 Å². The minimum atomic E-state index is -3.55. The van der Waals surface area contributed by atoms with E-state index < -0.39 is 10.0 Å². The van der Waals surface area contributed by atoms with Crippen molar-refractivity contribution in [3.63, 3.8) is 0 Å². The maximum absolute atomic E-state index is 12.6. The number of sulfonamides is 1. The molecule has 1 fully saturated rings. The molecule has 162 valence electrons. The predicted octanol–water partition coefficient (Wildman–Crippen LogP) is 4.06. The lowest BCUT2D eigenvalue weighted by atomic mass is 10.2. The lowest BCUT2D eigenvalue weighted by molar-refractivity contribution is 0.397. The number of aryl methyl sites for hydroxylation is 1. The van der Waals surface area contributed by atoms with Crippen LogP contribution in [0.4, 0.5) is 0 Å². The Bertz CT molecular complexity index is 1340. The van der Waals surface area contributed by atoms with Crippen LogP contribution in [0, 0.1) is 0 Å². The van der Waals surface area contributed by atoms with E-state index in [1.165, 1.54) is 22.1 Å². The first-order valence-electron chi connectivity index (χ1n) is 10.4. The number of rotatable bonds is 7. The zero-order valence-corrected chi connectivity index (χ0v) is 18.8. The summed E-state index contributed by atoms with van der Waals surface area (Å²) in [6, 6.07) is 11.4. The van der Waals surface area contributed by atoms with Gasteiger partial charge in [0.25, 0.3) is 10.0 Å². The van der Waals surface area contributed by atoms with Gasteiger partial charge in [-0.15, -0.1) is 10.2 Å². The average Bonchev–Trinajstić information content (AvgIpc) is 3.53. The third-order valence-corrected chi connectivity index (χ3v) is 8.07. The highest BCUT2D eigenvalue weighted by Gasteiger charge is 2.30. The van der Waals surface area contributed by atoms with Gasteiger partial charge in [-0.25, -0.2) is 13.4 Å². The summed E-state index contributed by atoms with van der Waals surface area (Å²) in [4.78, 5) is 4.75. The van der Waals surface area contributed by atoms with Crippen LogP contribution in [0.15, 0.2) is 51.1 Å². The minimum Gasteiger partial charge on any atom is -0.447 e. The topological polar surface area (TPSA) is 94.1 Å². The number of aromatic nitrogens is 4. The Morgan fingerprint density at radius 3 is 2.71 bits per heavy atom. The van der Waals surface area contributed by atoms with Gasteiger partial charge in [-0.1, -0.05) is 36.9 Å². The van der Waals surface area contributed by atoms with Gasteiger partial charge in [-0.3, -0.25) is 0 Å². The first-order chi connectivity index (χ1) is 15.1. The van der Waals surface area contributed by atoms with Gasteiger partial charge < -0.3 is 8.98 Å². The Morgan fingerprint density at radius 1 is 1.10 bits per heavy atom. The Hall–Kier alpha value is -2.43. The van der Waals surface area contributed by atoms with Crippen LogP contribution in [-0.2, 0) is 22.3 Å². The van der Waals surface area contributed by atoms with Crippen LogP contribution < -0.4 is 0 Å². The smallest absolute Gasteiger partial charge is 0.276 e. The number of fused-ring (bicyclic) bond motifs is 3. The summed E-state index contributed by atoms with van der Waals surface area (Å²) in [5.41, 5.74) is 2.72. The first-order valence-corrected chi connectivity index (χ1v) is 12.8. The quantitative estimate of drug-likeness (QED) is 0.386. The van der Waals surface area contributed by atoms with E-state index in [-0.39, 0.29) is 5.09 Å². The van der Waals surface area contributed by atoms with E-state index in [2.05, 4.69) is 27.8 Å². The summed E-state index contributed by atoms with van der Waals surface area (Å²) in [6.45, 7) is 4.09. The maximum Gasteiger partial charge on any atom is 0.276 e. The molecule has 3 aromatic heterocycles. The van der Waals surface area contributed by atoms with E-state index in [0.717, 1.165) is 47.9 Å². The molecule has 4 aromatic rings. The number of benzene rings is 1. The molecule has 5 rings (SSSR count). The molecule has 0 amide bonds. The molecule has 0 bridgehead atoms. The molecule has 31 heavy (non-hydrogen) atoms. The van der Waals surface area contributed by atoms with Crippen molar-refractivity contribution >= 4 is 43.9 Å². The van der Waals surface area contributed by atoms with Gasteiger partial charge in [-0.05, 0) is 37.5 Å². The Balaban J connectivity index is 1.38. The summed E-state index contributed by atoms with van der Waals surface area (Å²) in [6.07, 6.45) is 2.77. The normalized spacial score (nSPS) is 15.4. The molecule has 0 atom stereocenters. The molecule has 0 spiro atoms. The number of hydrogen-bond donors (Lipinski definition) is 0. The van der Waals surface area contributed by atoms with Crippen molar-refractivity contribution in [2.75, 3.05) is 13.1 Å². The lowest BCUT2D eigenvalue weighted by Crippen LogP contribution is -2.27. The second-order valence-corrected chi connectivity index (χ2v) is 10.4. The molecule has 0 aliphatic carbocycles. The molecule has 0 radical (unpaired) electrons. The largest absolute Gasteiger partial charge is 0.447 e. The van der Waals surface area contributed by atoms with Crippen molar-refractivity contribution < 1.29 is 12.8 Å². The zero-order valence-electron chi connectivity index (χ0n) is 17.2. The molecular weight excluding hydrogens is 434 g/mol. The fourth-order valence-corrected chi connectivity index (χ4v) is 6.09. The highest BCUT2D eigenvalue weighted by molar-refractivity contribution is 7.98. The number of furan rings is 1. The first kappa shape index (κ1) is 20.5. The van der Waals surface area contributed by atoms with Gasteiger partial charge in [0, 0.05) is 25.0 Å². The molecule has 8 nitrogen and oxygen atoms in total. The molecule has 1 aromatic carbocycles. The van der Waals surface area contributed by atoms with Crippen LogP contribution in [0.1, 0.15) is 31.9 Å². The summed E-state index contributed by atoms with van der Waals surface area (Å²) < 4.78 is 34.6. The summed E-state index contributed by atoms with van der Waals surface area (Å²) in [5.74, 6) is 0.997. The van der Waals surface area contributed by atoms with Crippen molar-refractivity contribution in [3.8, 4) is 0 Å². The van der Waals surface area contributed by atoms with Gasteiger partial charge in [0.2, 0.25) is 10.2 Å². The van der Waals surface area contributed by atoms with Crippen molar-refractivity contribution in [1.29, 1.82) is 0 Å². The maximum atomic E-state index is 12.6. The molecule has 1 saturated heterocycles. The Morgan fingerprint density at radius 2 is 1.90 bits per heavy atom. The fraction of sp³-hybridized carbons (Fsp3) is 0.381. The van der Waals surface area contributed by atoms with Crippen LogP contribution in [0.5, 0.6) is 0 Å². The zero-order chi connectivity index (χ0) is 21.4. The highest BCUT2D eigenvalue weighted by atomic mass is 32.2. The van der Waals surface area contributed by atoms with Crippen molar-refractivity contribution in [2.45, 2.75) is 48.7 Å². The Kier molecular flexibility index (Phi) is 5.45. The Labute approximate surface area is 184 Å². The molecule has 4 heterocycles. The number of nitrogens with zero attached hydrogens (tertiary/aromatic N) is 5. The summed E-state index contributed by atoms with van der Waals surface area (Å²) in [7, 11) is -3.55. The molecule has 1 aliphatic rings. The van der Waals surface area contributed by atoms with Crippen LogP contribution in [0.25, 0.3) is 22.1 Å². The minimum absolute atomic E-state index is 0.00238. The number of thioether (sulfide) groups is 1. The van der Waals surface area contributed by atoms with E-state index in [1.807, 2.05) is 18.2 Å². The summed E-state index contributed by atoms with van der Waals surface area (Å²) >= 11 is 1.38. The second kappa shape index (κ2) is 8.25. The second-order valence-electron chi connectivity index (χ2n) is 7.56. The average molecular weight is 458 g/mol. The van der Waals surface area contributed by atoms with Crippen LogP contribution >= 0.6 is 11.8 Å². The number of hydrogen-bond acceptors (Lipinski definition) is 7. The van der Waals surface area contributed by atoms with E-state index in [4.69, 9.17) is 9.40 Å². The van der Waals surface area contributed by atoms with Crippen LogP contribution in [-0.4, -0.2) is 45.6 Å². The molecule has 0 saturated carbocycles. The van der Waals surface area contributed by atoms with Gasteiger partial charge in [0.15, 0.2) is 5.65 Å². The third kappa shape index (κ3) is 3.72. The van der Waals surface area contributed by atoms with Gasteiger partial charge in [0.05, 0.1) is 11.3 Å². The molecule has 0 unspecified atom stereocenters. The number of para-hydroxylation sites is 1. The summed E-state index contributed by atoms with van der Waals surface area (Å²) in [5, 5.41) is 10.3. The van der Waals surface area contributed by atoms with Crippen LogP contribution in [0.3, 0.4) is 0 Å². The molecular formula is C21H23N5O3S2.